The molecule has 2 unspecified atom stereocenters. The second kappa shape index (κ2) is 10.0. The van der Waals surface area contributed by atoms with E-state index in [2.05, 4.69) is 5.32 Å². The van der Waals surface area contributed by atoms with Gasteiger partial charge in [0, 0.05) is 24.5 Å². The van der Waals surface area contributed by atoms with Gasteiger partial charge in [0.2, 0.25) is 5.91 Å². The molecular weight excluding hydrogens is 238 g/mol. The number of carbonyl (C=O) groups excluding carboxylic acids is 1. The highest BCUT2D eigenvalue weighted by Gasteiger charge is 2.58. The van der Waals surface area contributed by atoms with Crippen molar-refractivity contribution in [1.82, 2.24) is 5.32 Å². The van der Waals surface area contributed by atoms with Crippen molar-refractivity contribution >= 4 is 5.91 Å². The van der Waals surface area contributed by atoms with Crippen LogP contribution >= 0.6 is 0 Å². The highest BCUT2D eigenvalue weighted by atomic mass is 16.5. The first-order valence-electron chi connectivity index (χ1n) is 7.75. The van der Waals surface area contributed by atoms with Gasteiger partial charge in [-0.1, -0.05) is 39.8 Å². The molecule has 2 fully saturated rings. The van der Waals surface area contributed by atoms with Crippen molar-refractivity contribution in [3.63, 3.8) is 0 Å². The Balaban J connectivity index is 0.000000741. The molecule has 1 saturated carbocycles. The first-order valence-corrected chi connectivity index (χ1v) is 7.75. The lowest BCUT2D eigenvalue weighted by Crippen LogP contribution is -2.30. The molecule has 1 N–H and O–H groups in total. The zero-order chi connectivity index (χ0) is 14.7. The lowest BCUT2D eigenvalue weighted by Gasteiger charge is -2.22. The molecular formula is C16H31NO2. The summed E-state index contributed by atoms with van der Waals surface area (Å²) in [4.78, 5) is 11.8. The van der Waals surface area contributed by atoms with Crippen LogP contribution in [0, 0.1) is 11.3 Å². The minimum absolute atomic E-state index is 0.207. The minimum atomic E-state index is 0.207. The summed E-state index contributed by atoms with van der Waals surface area (Å²) in [6.07, 6.45) is 7.21. The van der Waals surface area contributed by atoms with Crippen LogP contribution < -0.4 is 5.32 Å². The maximum Gasteiger partial charge on any atom is 0.224 e. The second-order valence-corrected chi connectivity index (χ2v) is 4.59. The smallest absolute Gasteiger partial charge is 0.224 e. The molecule has 0 radical (unpaired) electrons. The molecule has 112 valence electrons. The van der Waals surface area contributed by atoms with E-state index in [1.165, 1.54) is 0 Å². The van der Waals surface area contributed by atoms with Crippen LogP contribution in [-0.4, -0.2) is 25.7 Å². The van der Waals surface area contributed by atoms with E-state index in [9.17, 15) is 4.79 Å². The summed E-state index contributed by atoms with van der Waals surface area (Å²) in [6.45, 7) is 12.3. The number of hydrogen-bond acceptors (Lipinski definition) is 2. The Kier molecular flexibility index (Phi) is 9.58. The number of ether oxygens (including phenoxy) is 1. The standard InChI is InChI=1S/C12H19NO2.2C2H6/c1-2-3-6-13-11(14)10-8-12(10)5-4-7-15-9-12;2*1-2/h2-3,10H,4-9H2,1H3,(H,13,14);2*1-2H3/b3-2+;;. The molecule has 0 bridgehead atoms. The fraction of sp³-hybridized carbons (Fsp3) is 0.812. The molecule has 2 aliphatic rings. The van der Waals surface area contributed by atoms with E-state index in [1.54, 1.807) is 0 Å². The third-order valence-corrected chi connectivity index (χ3v) is 3.49. The Bertz CT molecular complexity index is 268. The normalized spacial score (nSPS) is 27.9. The number of amides is 1. The van der Waals surface area contributed by atoms with Crippen molar-refractivity contribution in [2.75, 3.05) is 19.8 Å². The van der Waals surface area contributed by atoms with Crippen LogP contribution in [0.2, 0.25) is 0 Å². The predicted octanol–water partition coefficient (Wildman–Crippen LogP) is 3.55. The molecule has 3 nitrogen and oxygen atoms in total. The van der Waals surface area contributed by atoms with Crippen molar-refractivity contribution in [2.45, 2.75) is 53.9 Å². The van der Waals surface area contributed by atoms with Crippen molar-refractivity contribution in [3.8, 4) is 0 Å². The van der Waals surface area contributed by atoms with Gasteiger partial charge in [0.15, 0.2) is 0 Å². The van der Waals surface area contributed by atoms with E-state index >= 15 is 0 Å². The summed E-state index contributed by atoms with van der Waals surface area (Å²) in [7, 11) is 0. The van der Waals surface area contributed by atoms with Gasteiger partial charge in [-0.25, -0.2) is 0 Å². The number of allylic oxidation sites excluding steroid dienone is 1. The summed E-state index contributed by atoms with van der Waals surface area (Å²) in [5.41, 5.74) is 0.207. The maximum atomic E-state index is 11.8. The van der Waals surface area contributed by atoms with Crippen molar-refractivity contribution in [2.24, 2.45) is 11.3 Å². The van der Waals surface area contributed by atoms with Crippen LogP contribution in [0.3, 0.4) is 0 Å². The van der Waals surface area contributed by atoms with Gasteiger partial charge in [0.05, 0.1) is 6.61 Å². The van der Waals surface area contributed by atoms with Crippen LogP contribution in [-0.2, 0) is 9.53 Å². The molecule has 3 heteroatoms. The molecule has 2 atom stereocenters. The first-order chi connectivity index (χ1) is 9.28. The van der Waals surface area contributed by atoms with Crippen LogP contribution in [0.4, 0.5) is 0 Å². The van der Waals surface area contributed by atoms with E-state index in [1.807, 2.05) is 46.8 Å². The Morgan fingerprint density at radius 3 is 2.58 bits per heavy atom. The molecule has 0 aromatic heterocycles. The monoisotopic (exact) mass is 269 g/mol. The quantitative estimate of drug-likeness (QED) is 0.796. The third-order valence-electron chi connectivity index (χ3n) is 3.49. The third kappa shape index (κ3) is 5.35. The summed E-state index contributed by atoms with van der Waals surface area (Å²) in [6, 6.07) is 0. The number of nitrogens with one attached hydrogen (secondary N) is 1. The highest BCUT2D eigenvalue weighted by Crippen LogP contribution is 2.57. The first kappa shape index (κ1) is 18.2. The Morgan fingerprint density at radius 2 is 2.05 bits per heavy atom. The largest absolute Gasteiger partial charge is 0.381 e. The van der Waals surface area contributed by atoms with Crippen LogP contribution in [0.1, 0.15) is 53.9 Å². The number of hydrogen-bond donors (Lipinski definition) is 1. The van der Waals surface area contributed by atoms with Crippen molar-refractivity contribution in [1.29, 1.82) is 0 Å². The topological polar surface area (TPSA) is 38.3 Å². The van der Waals surface area contributed by atoms with Gasteiger partial charge >= 0.3 is 0 Å². The maximum absolute atomic E-state index is 11.8. The molecule has 1 heterocycles. The van der Waals surface area contributed by atoms with E-state index in [0.29, 0.717) is 6.54 Å². The molecule has 19 heavy (non-hydrogen) atoms. The van der Waals surface area contributed by atoms with Gasteiger partial charge in [-0.3, -0.25) is 4.79 Å². The molecule has 2 rings (SSSR count). The minimum Gasteiger partial charge on any atom is -0.381 e. The van der Waals surface area contributed by atoms with Crippen molar-refractivity contribution in [3.05, 3.63) is 12.2 Å². The van der Waals surface area contributed by atoms with Crippen LogP contribution in [0.5, 0.6) is 0 Å². The average molecular weight is 269 g/mol. The van der Waals surface area contributed by atoms with Crippen LogP contribution in [0.25, 0.3) is 0 Å². The van der Waals surface area contributed by atoms with Gasteiger partial charge < -0.3 is 10.1 Å². The van der Waals surface area contributed by atoms with E-state index < -0.39 is 0 Å². The molecule has 1 aliphatic heterocycles. The molecule has 0 aromatic carbocycles. The number of rotatable bonds is 3. The van der Waals surface area contributed by atoms with E-state index in [0.717, 1.165) is 32.5 Å². The predicted molar refractivity (Wildman–Crippen MR) is 81.1 cm³/mol. The lowest BCUT2D eigenvalue weighted by atomic mass is 9.96. The van der Waals surface area contributed by atoms with Gasteiger partial charge in [0.25, 0.3) is 0 Å². The van der Waals surface area contributed by atoms with E-state index in [-0.39, 0.29) is 17.2 Å². The zero-order valence-corrected chi connectivity index (χ0v) is 13.3. The Labute approximate surface area is 118 Å². The fourth-order valence-corrected chi connectivity index (χ4v) is 2.43. The van der Waals surface area contributed by atoms with Gasteiger partial charge in [-0.15, -0.1) is 0 Å². The van der Waals surface area contributed by atoms with Crippen LogP contribution in [0.15, 0.2) is 12.2 Å². The Hall–Kier alpha value is -0.830. The average Bonchev–Trinajstić information content (AvgIpc) is 3.18. The Morgan fingerprint density at radius 1 is 1.37 bits per heavy atom. The summed E-state index contributed by atoms with van der Waals surface area (Å²) < 4.78 is 5.46. The molecule has 0 aromatic rings. The SMILES string of the molecule is C/C=C/CNC(=O)C1CC12CCCOC2.CC.CC. The molecule has 1 saturated heterocycles. The van der Waals surface area contributed by atoms with Gasteiger partial charge in [0.1, 0.15) is 0 Å². The molecule has 1 aliphatic carbocycles. The van der Waals surface area contributed by atoms with Gasteiger partial charge in [-0.2, -0.15) is 0 Å². The fourth-order valence-electron chi connectivity index (χ4n) is 2.43. The second-order valence-electron chi connectivity index (χ2n) is 4.59. The summed E-state index contributed by atoms with van der Waals surface area (Å²) in [5.74, 6) is 0.418. The summed E-state index contributed by atoms with van der Waals surface area (Å²) in [5, 5.41) is 2.94. The van der Waals surface area contributed by atoms with E-state index in [4.69, 9.17) is 4.74 Å². The zero-order valence-electron chi connectivity index (χ0n) is 13.3. The number of carbonyl (C=O) groups is 1. The highest BCUT2D eigenvalue weighted by molar-refractivity contribution is 5.82. The van der Waals surface area contributed by atoms with Crippen molar-refractivity contribution < 1.29 is 9.53 Å². The molecule has 1 amide bonds. The summed E-state index contributed by atoms with van der Waals surface area (Å²) >= 11 is 0. The lowest BCUT2D eigenvalue weighted by molar-refractivity contribution is -0.123. The van der Waals surface area contributed by atoms with Gasteiger partial charge in [-0.05, 0) is 26.2 Å². The molecule has 1 spiro atoms.